The lowest BCUT2D eigenvalue weighted by molar-refractivity contribution is 0.287. The molecule has 0 unspecified atom stereocenters. The third kappa shape index (κ3) is 4.79. The van der Waals surface area contributed by atoms with Crippen LogP contribution in [0, 0.1) is 0 Å². The van der Waals surface area contributed by atoms with Gasteiger partial charge in [0.25, 0.3) is 5.17 Å². The minimum Gasteiger partial charge on any atom is -0.471 e. The zero-order valence-corrected chi connectivity index (χ0v) is 10.5. The number of hydrogen-bond donors (Lipinski definition) is 1. The molecule has 1 atom stereocenters. The van der Waals surface area contributed by atoms with Crippen molar-refractivity contribution in [3.63, 3.8) is 0 Å². The van der Waals surface area contributed by atoms with Gasteiger partial charge in [-0.1, -0.05) is 13.3 Å². The quantitative estimate of drug-likeness (QED) is 0.593. The second kappa shape index (κ2) is 5.65. The van der Waals surface area contributed by atoms with Crippen LogP contribution in [0.25, 0.3) is 0 Å². The molecule has 0 radical (unpaired) electrons. The van der Waals surface area contributed by atoms with Crippen LogP contribution in [0.5, 0.6) is 0 Å². The van der Waals surface area contributed by atoms with Crippen LogP contribution < -0.4 is 5.32 Å². The summed E-state index contributed by atoms with van der Waals surface area (Å²) in [6, 6.07) is -0.0656. The van der Waals surface area contributed by atoms with E-state index in [1.165, 1.54) is 0 Å². The van der Waals surface area contributed by atoms with Gasteiger partial charge in [0.2, 0.25) is 0 Å². The molecule has 6 heteroatoms. The topological polar surface area (TPSA) is 55.4 Å². The molecule has 0 saturated carbocycles. The van der Waals surface area contributed by atoms with Crippen LogP contribution in [0.3, 0.4) is 0 Å². The molecule has 4 nitrogen and oxygen atoms in total. The van der Waals surface area contributed by atoms with Gasteiger partial charge in [0, 0.05) is 6.04 Å². The SMILES string of the molecule is CCCCOC(=S)N[C@@H]1CCS(=O)(=O)C1. The largest absolute Gasteiger partial charge is 0.471 e. The summed E-state index contributed by atoms with van der Waals surface area (Å²) in [6.07, 6.45) is 2.64. The first-order chi connectivity index (χ1) is 7.03. The lowest BCUT2D eigenvalue weighted by Crippen LogP contribution is -2.35. The van der Waals surface area contributed by atoms with Gasteiger partial charge in [-0.2, -0.15) is 0 Å². The van der Waals surface area contributed by atoms with Crippen LogP contribution in [0.1, 0.15) is 26.2 Å². The van der Waals surface area contributed by atoms with E-state index in [2.05, 4.69) is 12.2 Å². The van der Waals surface area contributed by atoms with Gasteiger partial charge in [-0.25, -0.2) is 8.42 Å². The van der Waals surface area contributed by atoms with Gasteiger partial charge in [-0.05, 0) is 25.1 Å². The van der Waals surface area contributed by atoms with E-state index in [0.29, 0.717) is 18.2 Å². The van der Waals surface area contributed by atoms with Crippen molar-refractivity contribution in [2.75, 3.05) is 18.1 Å². The van der Waals surface area contributed by atoms with Gasteiger partial charge in [0.05, 0.1) is 18.1 Å². The van der Waals surface area contributed by atoms with Gasteiger partial charge in [0.15, 0.2) is 9.84 Å². The predicted octanol–water partition coefficient (Wildman–Crippen LogP) is 0.865. The molecule has 15 heavy (non-hydrogen) atoms. The number of rotatable bonds is 4. The molecule has 0 aromatic carbocycles. The Bertz CT molecular complexity index is 313. The molecule has 1 N–H and O–H groups in total. The Labute approximate surface area is 96.3 Å². The van der Waals surface area contributed by atoms with Crippen molar-refractivity contribution in [2.45, 2.75) is 32.2 Å². The Morgan fingerprint density at radius 3 is 2.87 bits per heavy atom. The second-order valence-corrected chi connectivity index (χ2v) is 6.33. The molecule has 88 valence electrons. The Morgan fingerprint density at radius 2 is 2.33 bits per heavy atom. The van der Waals surface area contributed by atoms with Crippen LogP contribution in [0.4, 0.5) is 0 Å². The van der Waals surface area contributed by atoms with Crippen LogP contribution in [-0.2, 0) is 14.6 Å². The van der Waals surface area contributed by atoms with E-state index in [1.54, 1.807) is 0 Å². The Balaban J connectivity index is 2.22. The van der Waals surface area contributed by atoms with E-state index in [9.17, 15) is 8.42 Å². The lowest BCUT2D eigenvalue weighted by Gasteiger charge is -2.13. The fraction of sp³-hybridized carbons (Fsp3) is 0.889. The van der Waals surface area contributed by atoms with E-state index in [0.717, 1.165) is 12.8 Å². The first kappa shape index (κ1) is 12.7. The van der Waals surface area contributed by atoms with Gasteiger partial charge in [0.1, 0.15) is 0 Å². The highest BCUT2D eigenvalue weighted by Crippen LogP contribution is 2.11. The van der Waals surface area contributed by atoms with Crippen molar-refractivity contribution < 1.29 is 13.2 Å². The van der Waals surface area contributed by atoms with Crippen molar-refractivity contribution in [1.29, 1.82) is 0 Å². The zero-order chi connectivity index (χ0) is 11.3. The maximum absolute atomic E-state index is 11.2. The molecule has 0 bridgehead atoms. The number of nitrogens with one attached hydrogen (secondary N) is 1. The number of unbranched alkanes of at least 4 members (excludes halogenated alkanes) is 1. The van der Waals surface area contributed by atoms with Crippen molar-refractivity contribution in [3.05, 3.63) is 0 Å². The van der Waals surface area contributed by atoms with E-state index in [4.69, 9.17) is 17.0 Å². The molecule has 1 aliphatic rings. The van der Waals surface area contributed by atoms with Gasteiger partial charge in [-0.3, -0.25) is 0 Å². The van der Waals surface area contributed by atoms with Crippen molar-refractivity contribution in [3.8, 4) is 0 Å². The standard InChI is InChI=1S/C9H17NO3S2/c1-2-3-5-13-9(14)10-8-4-6-15(11,12)7-8/h8H,2-7H2,1H3,(H,10,14)/t8-/m1/s1. The monoisotopic (exact) mass is 251 g/mol. The Hall–Kier alpha value is -0.360. The minimum absolute atomic E-state index is 0.0656. The maximum atomic E-state index is 11.2. The molecule has 1 saturated heterocycles. The summed E-state index contributed by atoms with van der Waals surface area (Å²) in [5.41, 5.74) is 0. The van der Waals surface area contributed by atoms with Crippen LogP contribution >= 0.6 is 12.2 Å². The molecular formula is C9H17NO3S2. The van der Waals surface area contributed by atoms with Crippen LogP contribution in [0.2, 0.25) is 0 Å². The molecular weight excluding hydrogens is 234 g/mol. The van der Waals surface area contributed by atoms with Gasteiger partial charge >= 0.3 is 0 Å². The molecule has 1 rings (SSSR count). The molecule has 1 aliphatic heterocycles. The normalized spacial score (nSPS) is 23.7. The first-order valence-electron chi connectivity index (χ1n) is 5.17. The summed E-state index contributed by atoms with van der Waals surface area (Å²) >= 11 is 4.95. The number of ether oxygens (including phenoxy) is 1. The number of thiocarbonyl (C=S) groups is 1. The highest BCUT2D eigenvalue weighted by Gasteiger charge is 2.28. The summed E-state index contributed by atoms with van der Waals surface area (Å²) in [5.74, 6) is 0.423. The smallest absolute Gasteiger partial charge is 0.256 e. The van der Waals surface area contributed by atoms with Crippen molar-refractivity contribution in [2.24, 2.45) is 0 Å². The third-order valence-corrected chi connectivity index (χ3v) is 4.29. The summed E-state index contributed by atoms with van der Waals surface area (Å²) < 4.78 is 27.6. The lowest BCUT2D eigenvalue weighted by atomic mass is 10.3. The highest BCUT2D eigenvalue weighted by molar-refractivity contribution is 7.91. The molecule has 0 aromatic rings. The fourth-order valence-corrected chi connectivity index (χ4v) is 3.35. The number of sulfone groups is 1. The summed E-state index contributed by atoms with van der Waals surface area (Å²) in [4.78, 5) is 0. The third-order valence-electron chi connectivity index (χ3n) is 2.29. The summed E-state index contributed by atoms with van der Waals surface area (Å²) in [7, 11) is -2.84. The average molecular weight is 251 g/mol. The predicted molar refractivity (Wildman–Crippen MR) is 63.7 cm³/mol. The molecule has 0 spiro atoms. The molecule has 1 heterocycles. The molecule has 0 amide bonds. The average Bonchev–Trinajstić information content (AvgIpc) is 2.46. The second-order valence-electron chi connectivity index (χ2n) is 3.73. The first-order valence-corrected chi connectivity index (χ1v) is 7.40. The minimum atomic E-state index is -2.84. The maximum Gasteiger partial charge on any atom is 0.256 e. The van der Waals surface area contributed by atoms with Crippen molar-refractivity contribution >= 4 is 27.2 Å². The van der Waals surface area contributed by atoms with Gasteiger partial charge < -0.3 is 10.1 Å². The summed E-state index contributed by atoms with van der Waals surface area (Å²) in [6.45, 7) is 2.67. The fourth-order valence-electron chi connectivity index (χ4n) is 1.43. The Kier molecular flexibility index (Phi) is 4.79. The van der Waals surface area contributed by atoms with E-state index in [-0.39, 0.29) is 17.5 Å². The van der Waals surface area contributed by atoms with Gasteiger partial charge in [-0.15, -0.1) is 0 Å². The van der Waals surface area contributed by atoms with E-state index in [1.807, 2.05) is 0 Å². The van der Waals surface area contributed by atoms with E-state index >= 15 is 0 Å². The molecule has 0 aromatic heterocycles. The molecule has 0 aliphatic carbocycles. The van der Waals surface area contributed by atoms with Crippen LogP contribution in [-0.4, -0.2) is 37.7 Å². The Morgan fingerprint density at radius 1 is 1.60 bits per heavy atom. The zero-order valence-electron chi connectivity index (χ0n) is 8.86. The van der Waals surface area contributed by atoms with Crippen LogP contribution in [0.15, 0.2) is 0 Å². The summed E-state index contributed by atoms with van der Waals surface area (Å²) in [5, 5.41) is 3.25. The molecule has 1 fully saturated rings. The van der Waals surface area contributed by atoms with E-state index < -0.39 is 9.84 Å². The number of hydrogen-bond acceptors (Lipinski definition) is 4. The highest BCUT2D eigenvalue weighted by atomic mass is 32.2. The van der Waals surface area contributed by atoms with Crippen molar-refractivity contribution in [1.82, 2.24) is 5.32 Å².